The van der Waals surface area contributed by atoms with Crippen LogP contribution in [0, 0.1) is 0 Å². The summed E-state index contributed by atoms with van der Waals surface area (Å²) >= 11 is 0. The molecule has 0 radical (unpaired) electrons. The molecule has 3 N–H and O–H groups in total. The van der Waals surface area contributed by atoms with Gasteiger partial charge >= 0.3 is 0 Å². The predicted octanol–water partition coefficient (Wildman–Crippen LogP) is 2.42. The summed E-state index contributed by atoms with van der Waals surface area (Å²) in [6.45, 7) is 3.33. The highest BCUT2D eigenvalue weighted by molar-refractivity contribution is 5.24. The molecule has 1 atom stereocenters. The minimum Gasteiger partial charge on any atom is -0.395 e. The van der Waals surface area contributed by atoms with E-state index in [-0.39, 0.29) is 6.61 Å². The van der Waals surface area contributed by atoms with Crippen molar-refractivity contribution in [2.75, 3.05) is 19.7 Å². The van der Waals surface area contributed by atoms with Crippen LogP contribution in [-0.2, 0) is 6.42 Å². The van der Waals surface area contributed by atoms with E-state index in [0.717, 1.165) is 12.0 Å². The minimum atomic E-state index is -0.499. The first-order valence-electron chi connectivity index (χ1n) is 7.36. The lowest BCUT2D eigenvalue weighted by atomic mass is 10.0. The van der Waals surface area contributed by atoms with Crippen LogP contribution in [0.1, 0.15) is 49.8 Å². The summed E-state index contributed by atoms with van der Waals surface area (Å²) in [5, 5.41) is 21.6. The normalized spacial score (nSPS) is 12.6. The fourth-order valence-electron chi connectivity index (χ4n) is 2.10. The molecule has 0 aliphatic carbocycles. The van der Waals surface area contributed by atoms with Crippen LogP contribution in [0.5, 0.6) is 0 Å². The van der Waals surface area contributed by atoms with E-state index in [1.54, 1.807) is 0 Å². The lowest BCUT2D eigenvalue weighted by Gasteiger charge is -2.12. The maximum absolute atomic E-state index is 9.94. The van der Waals surface area contributed by atoms with Crippen molar-refractivity contribution in [2.24, 2.45) is 0 Å². The molecule has 3 heteroatoms. The van der Waals surface area contributed by atoms with Gasteiger partial charge in [-0.1, -0.05) is 50.5 Å². The molecule has 0 heterocycles. The summed E-state index contributed by atoms with van der Waals surface area (Å²) in [6.07, 6.45) is 5.75. The molecule has 3 nitrogen and oxygen atoms in total. The van der Waals surface area contributed by atoms with Gasteiger partial charge in [-0.3, -0.25) is 0 Å². The average molecular weight is 265 g/mol. The number of rotatable bonds is 10. The standard InChI is InChI=1S/C16H27NO2/c1-2-3-4-5-6-14-7-9-15(10-8-14)16(19)13-17-11-12-18/h7-10,16-19H,2-6,11-13H2,1H3. The van der Waals surface area contributed by atoms with E-state index in [1.807, 2.05) is 12.1 Å². The average Bonchev–Trinajstić information content (AvgIpc) is 2.44. The van der Waals surface area contributed by atoms with Crippen molar-refractivity contribution >= 4 is 0 Å². The lowest BCUT2D eigenvalue weighted by Crippen LogP contribution is -2.24. The molecule has 0 spiro atoms. The van der Waals surface area contributed by atoms with Gasteiger partial charge in [0, 0.05) is 13.1 Å². The van der Waals surface area contributed by atoms with Gasteiger partial charge in [-0.05, 0) is 24.0 Å². The number of hydrogen-bond acceptors (Lipinski definition) is 3. The molecule has 1 rings (SSSR count). The zero-order valence-corrected chi connectivity index (χ0v) is 11.9. The highest BCUT2D eigenvalue weighted by Gasteiger charge is 2.06. The van der Waals surface area contributed by atoms with Gasteiger partial charge in [0.2, 0.25) is 0 Å². The molecule has 0 fully saturated rings. The van der Waals surface area contributed by atoms with E-state index in [2.05, 4.69) is 24.4 Å². The zero-order chi connectivity index (χ0) is 13.9. The van der Waals surface area contributed by atoms with Gasteiger partial charge in [0.15, 0.2) is 0 Å². The van der Waals surface area contributed by atoms with E-state index in [1.165, 1.54) is 31.2 Å². The van der Waals surface area contributed by atoms with E-state index in [9.17, 15) is 5.11 Å². The minimum absolute atomic E-state index is 0.101. The molecular weight excluding hydrogens is 238 g/mol. The van der Waals surface area contributed by atoms with Crippen molar-refractivity contribution in [3.05, 3.63) is 35.4 Å². The molecule has 0 aliphatic rings. The summed E-state index contributed by atoms with van der Waals surface area (Å²) in [4.78, 5) is 0. The number of hydrogen-bond donors (Lipinski definition) is 3. The summed E-state index contributed by atoms with van der Waals surface area (Å²) in [5.41, 5.74) is 2.28. The maximum atomic E-state index is 9.94. The van der Waals surface area contributed by atoms with Crippen molar-refractivity contribution < 1.29 is 10.2 Å². The molecule has 1 aromatic carbocycles. The molecule has 1 aromatic rings. The molecule has 0 aromatic heterocycles. The Labute approximate surface area is 116 Å². The first kappa shape index (κ1) is 16.2. The second-order valence-corrected chi connectivity index (χ2v) is 5.00. The predicted molar refractivity (Wildman–Crippen MR) is 79.2 cm³/mol. The highest BCUT2D eigenvalue weighted by atomic mass is 16.3. The van der Waals surface area contributed by atoms with E-state index >= 15 is 0 Å². The number of unbranched alkanes of at least 4 members (excludes halogenated alkanes) is 3. The van der Waals surface area contributed by atoms with Gasteiger partial charge in [0.1, 0.15) is 0 Å². The number of aryl methyl sites for hydroxylation is 1. The Morgan fingerprint density at radius 3 is 2.47 bits per heavy atom. The van der Waals surface area contributed by atoms with Crippen LogP contribution in [0.4, 0.5) is 0 Å². The SMILES string of the molecule is CCCCCCc1ccc(C(O)CNCCO)cc1. The third-order valence-corrected chi connectivity index (χ3v) is 3.31. The Balaban J connectivity index is 2.33. The maximum Gasteiger partial charge on any atom is 0.0914 e. The fraction of sp³-hybridized carbons (Fsp3) is 0.625. The van der Waals surface area contributed by atoms with Gasteiger partial charge < -0.3 is 15.5 Å². The summed E-state index contributed by atoms with van der Waals surface area (Å²) in [5.74, 6) is 0. The Morgan fingerprint density at radius 2 is 1.84 bits per heavy atom. The number of aliphatic hydroxyl groups is 2. The van der Waals surface area contributed by atoms with Crippen LogP contribution in [0.2, 0.25) is 0 Å². The van der Waals surface area contributed by atoms with Crippen LogP contribution in [-0.4, -0.2) is 29.9 Å². The lowest BCUT2D eigenvalue weighted by molar-refractivity contribution is 0.171. The Bertz CT molecular complexity index is 324. The van der Waals surface area contributed by atoms with Crippen LogP contribution in [0.25, 0.3) is 0 Å². The molecule has 108 valence electrons. The van der Waals surface area contributed by atoms with Crippen LogP contribution in [0.15, 0.2) is 24.3 Å². The highest BCUT2D eigenvalue weighted by Crippen LogP contribution is 2.15. The van der Waals surface area contributed by atoms with Crippen LogP contribution < -0.4 is 5.32 Å². The van der Waals surface area contributed by atoms with E-state index in [0.29, 0.717) is 13.1 Å². The molecule has 0 saturated heterocycles. The fourth-order valence-corrected chi connectivity index (χ4v) is 2.10. The second kappa shape index (κ2) is 9.96. The topological polar surface area (TPSA) is 52.5 Å². The molecule has 1 unspecified atom stereocenters. The summed E-state index contributed by atoms with van der Waals surface area (Å²) in [6, 6.07) is 8.22. The first-order chi connectivity index (χ1) is 9.27. The number of benzene rings is 1. The van der Waals surface area contributed by atoms with Crippen molar-refractivity contribution in [1.29, 1.82) is 0 Å². The summed E-state index contributed by atoms with van der Waals surface area (Å²) in [7, 11) is 0. The van der Waals surface area contributed by atoms with Gasteiger partial charge in [-0.2, -0.15) is 0 Å². The van der Waals surface area contributed by atoms with Gasteiger partial charge in [-0.25, -0.2) is 0 Å². The molecule has 0 aliphatic heterocycles. The Morgan fingerprint density at radius 1 is 1.11 bits per heavy atom. The zero-order valence-electron chi connectivity index (χ0n) is 11.9. The van der Waals surface area contributed by atoms with Gasteiger partial charge in [-0.15, -0.1) is 0 Å². The molecule has 19 heavy (non-hydrogen) atoms. The third-order valence-electron chi connectivity index (χ3n) is 3.31. The van der Waals surface area contributed by atoms with Gasteiger partial charge in [0.05, 0.1) is 12.7 Å². The third kappa shape index (κ3) is 6.71. The largest absolute Gasteiger partial charge is 0.395 e. The van der Waals surface area contributed by atoms with Crippen molar-refractivity contribution in [2.45, 2.75) is 45.1 Å². The molecule has 0 saturated carbocycles. The quantitative estimate of drug-likeness (QED) is 0.570. The molecule has 0 bridgehead atoms. The molecular formula is C16H27NO2. The first-order valence-corrected chi connectivity index (χ1v) is 7.36. The monoisotopic (exact) mass is 265 g/mol. The van der Waals surface area contributed by atoms with Crippen molar-refractivity contribution in [3.63, 3.8) is 0 Å². The van der Waals surface area contributed by atoms with Crippen molar-refractivity contribution in [3.8, 4) is 0 Å². The molecule has 0 amide bonds. The smallest absolute Gasteiger partial charge is 0.0914 e. The van der Waals surface area contributed by atoms with E-state index < -0.39 is 6.10 Å². The summed E-state index contributed by atoms with van der Waals surface area (Å²) < 4.78 is 0. The second-order valence-electron chi connectivity index (χ2n) is 5.00. The van der Waals surface area contributed by atoms with Crippen LogP contribution >= 0.6 is 0 Å². The van der Waals surface area contributed by atoms with Crippen molar-refractivity contribution in [1.82, 2.24) is 5.32 Å². The Hall–Kier alpha value is -0.900. The van der Waals surface area contributed by atoms with Gasteiger partial charge in [0.25, 0.3) is 0 Å². The number of nitrogens with one attached hydrogen (secondary N) is 1. The Kier molecular flexibility index (Phi) is 8.47. The van der Waals surface area contributed by atoms with Crippen LogP contribution in [0.3, 0.4) is 0 Å². The van der Waals surface area contributed by atoms with E-state index in [4.69, 9.17) is 5.11 Å². The number of aliphatic hydroxyl groups excluding tert-OH is 2.